The van der Waals surface area contributed by atoms with Gasteiger partial charge in [-0.3, -0.25) is 0 Å². The van der Waals surface area contributed by atoms with E-state index in [0.717, 1.165) is 44.2 Å². The summed E-state index contributed by atoms with van der Waals surface area (Å²) in [5, 5.41) is 14.5. The highest BCUT2D eigenvalue weighted by Crippen LogP contribution is 2.38. The molecule has 3 rings (SSSR count). The maximum Gasteiger partial charge on any atom is 0.328 e. The van der Waals surface area contributed by atoms with Crippen LogP contribution in [0.4, 0.5) is 10.5 Å². The fourth-order valence-corrected chi connectivity index (χ4v) is 3.62. The molecule has 3 N–H and O–H groups in total. The zero-order valence-electron chi connectivity index (χ0n) is 13.3. The van der Waals surface area contributed by atoms with Crippen molar-refractivity contribution in [3.05, 3.63) is 28.3 Å². The largest absolute Gasteiger partial charge is 0.480 e. The normalized spacial score (nSPS) is 16.6. The number of hydrogen-bond acceptors (Lipinski definition) is 3. The zero-order chi connectivity index (χ0) is 16.4. The first kappa shape index (κ1) is 15.8. The van der Waals surface area contributed by atoms with Gasteiger partial charge >= 0.3 is 12.0 Å². The quantitative estimate of drug-likeness (QED) is 0.773. The van der Waals surface area contributed by atoms with Crippen LogP contribution in [0, 0.1) is 0 Å². The van der Waals surface area contributed by atoms with Gasteiger partial charge < -0.3 is 20.5 Å². The number of methoxy groups -OCH3 is 1. The molecule has 2 amide bonds. The molecule has 1 aromatic carbocycles. The number of rotatable bonds is 5. The second-order valence-electron chi connectivity index (χ2n) is 6.18. The fourth-order valence-electron chi connectivity index (χ4n) is 3.62. The minimum absolute atomic E-state index is 0.0617. The molecule has 0 aromatic heterocycles. The first-order chi connectivity index (χ1) is 11.1. The van der Waals surface area contributed by atoms with Gasteiger partial charge in [0.1, 0.15) is 0 Å². The van der Waals surface area contributed by atoms with Crippen molar-refractivity contribution in [2.75, 3.05) is 19.0 Å². The van der Waals surface area contributed by atoms with E-state index in [1.807, 2.05) is 0 Å². The van der Waals surface area contributed by atoms with Gasteiger partial charge in [-0.25, -0.2) is 9.59 Å². The summed E-state index contributed by atoms with van der Waals surface area (Å²) in [5.41, 5.74) is 6.01. The highest BCUT2D eigenvalue weighted by molar-refractivity contribution is 5.94. The molecule has 0 bridgehead atoms. The Hall–Kier alpha value is -2.08. The number of aryl methyl sites for hydroxylation is 2. The number of amides is 2. The first-order valence-corrected chi connectivity index (χ1v) is 8.06. The molecule has 6 nitrogen and oxygen atoms in total. The van der Waals surface area contributed by atoms with E-state index in [2.05, 4.69) is 16.7 Å². The van der Waals surface area contributed by atoms with Crippen LogP contribution in [0.2, 0.25) is 0 Å². The Bertz CT molecular complexity index is 610. The van der Waals surface area contributed by atoms with Crippen LogP contribution in [0.1, 0.15) is 35.1 Å². The highest BCUT2D eigenvalue weighted by atomic mass is 16.5. The smallest absolute Gasteiger partial charge is 0.328 e. The van der Waals surface area contributed by atoms with Crippen LogP contribution in [0.5, 0.6) is 0 Å². The van der Waals surface area contributed by atoms with E-state index in [9.17, 15) is 9.59 Å². The predicted octanol–water partition coefficient (Wildman–Crippen LogP) is 1.89. The summed E-state index contributed by atoms with van der Waals surface area (Å²) >= 11 is 0. The molecule has 2 aliphatic carbocycles. The molecule has 2 aliphatic rings. The van der Waals surface area contributed by atoms with Crippen LogP contribution in [0.25, 0.3) is 0 Å². The third kappa shape index (κ3) is 3.17. The molecule has 0 spiro atoms. The summed E-state index contributed by atoms with van der Waals surface area (Å²) in [4.78, 5) is 23.4. The summed E-state index contributed by atoms with van der Waals surface area (Å²) in [6, 6.07) is 0.757. The van der Waals surface area contributed by atoms with Crippen LogP contribution < -0.4 is 10.6 Å². The maximum absolute atomic E-state index is 12.3. The number of ether oxygens (including phenoxy) is 1. The SMILES string of the molecule is COC[C@@H](NC(=O)Nc1c2c(cc3c1CCC3)CCC2)C(=O)O. The molecule has 0 unspecified atom stereocenters. The number of urea groups is 1. The van der Waals surface area contributed by atoms with Crippen molar-refractivity contribution in [3.8, 4) is 0 Å². The third-order valence-corrected chi connectivity index (χ3v) is 4.65. The molecule has 1 atom stereocenters. The van der Waals surface area contributed by atoms with Crippen molar-refractivity contribution < 1.29 is 19.4 Å². The van der Waals surface area contributed by atoms with Gasteiger partial charge in [-0.05, 0) is 60.8 Å². The van der Waals surface area contributed by atoms with Gasteiger partial charge in [0.2, 0.25) is 0 Å². The Morgan fingerprint density at radius 1 is 1.17 bits per heavy atom. The number of hydrogen-bond donors (Lipinski definition) is 3. The first-order valence-electron chi connectivity index (χ1n) is 8.06. The zero-order valence-corrected chi connectivity index (χ0v) is 13.3. The molecule has 0 fully saturated rings. The Morgan fingerprint density at radius 3 is 2.30 bits per heavy atom. The van der Waals surface area contributed by atoms with Crippen molar-refractivity contribution in [3.63, 3.8) is 0 Å². The second-order valence-corrected chi connectivity index (χ2v) is 6.18. The van der Waals surface area contributed by atoms with E-state index in [1.165, 1.54) is 29.4 Å². The minimum Gasteiger partial charge on any atom is -0.480 e. The van der Waals surface area contributed by atoms with Gasteiger partial charge in [0.05, 0.1) is 6.61 Å². The van der Waals surface area contributed by atoms with Gasteiger partial charge in [-0.1, -0.05) is 6.07 Å². The van der Waals surface area contributed by atoms with Crippen molar-refractivity contribution >= 4 is 17.7 Å². The average molecular weight is 318 g/mol. The number of carbonyl (C=O) groups is 2. The maximum atomic E-state index is 12.3. The Morgan fingerprint density at radius 2 is 1.78 bits per heavy atom. The van der Waals surface area contributed by atoms with Crippen molar-refractivity contribution in [1.29, 1.82) is 0 Å². The topological polar surface area (TPSA) is 87.7 Å². The summed E-state index contributed by atoms with van der Waals surface area (Å²) in [6.07, 6.45) is 6.27. The molecule has 124 valence electrons. The lowest BCUT2D eigenvalue weighted by atomic mass is 9.99. The van der Waals surface area contributed by atoms with Gasteiger partial charge in [0.25, 0.3) is 0 Å². The monoisotopic (exact) mass is 318 g/mol. The fraction of sp³-hybridized carbons (Fsp3) is 0.529. The standard InChI is InChI=1S/C17H22N2O4/c1-23-9-14(16(20)21)18-17(22)19-15-12-6-2-4-10(12)8-11-5-3-7-13(11)15/h8,14H,2-7,9H2,1H3,(H,20,21)(H2,18,19,22)/t14-/m1/s1. The molecular formula is C17H22N2O4. The number of carboxylic acids is 1. The van der Waals surface area contributed by atoms with E-state index in [1.54, 1.807) is 0 Å². The van der Waals surface area contributed by atoms with E-state index in [-0.39, 0.29) is 6.61 Å². The van der Waals surface area contributed by atoms with Crippen molar-refractivity contribution in [2.24, 2.45) is 0 Å². The molecular weight excluding hydrogens is 296 g/mol. The Balaban J connectivity index is 1.80. The van der Waals surface area contributed by atoms with Gasteiger partial charge in [-0.2, -0.15) is 0 Å². The summed E-state index contributed by atoms with van der Waals surface area (Å²) in [6.45, 7) is -0.0617. The van der Waals surface area contributed by atoms with Crippen LogP contribution in [-0.2, 0) is 35.2 Å². The number of carbonyl (C=O) groups excluding carboxylic acids is 1. The Labute approximate surface area is 135 Å². The van der Waals surface area contributed by atoms with Crippen molar-refractivity contribution in [2.45, 2.75) is 44.6 Å². The summed E-state index contributed by atoms with van der Waals surface area (Å²) in [5.74, 6) is -1.11. The van der Waals surface area contributed by atoms with E-state index in [4.69, 9.17) is 9.84 Å². The lowest BCUT2D eigenvalue weighted by molar-refractivity contribution is -0.140. The second kappa shape index (κ2) is 6.58. The molecule has 23 heavy (non-hydrogen) atoms. The van der Waals surface area contributed by atoms with Gasteiger partial charge in [-0.15, -0.1) is 0 Å². The molecule has 6 heteroatoms. The minimum atomic E-state index is -1.11. The summed E-state index contributed by atoms with van der Waals surface area (Å²) < 4.78 is 4.84. The average Bonchev–Trinajstić information content (AvgIpc) is 3.14. The highest BCUT2D eigenvalue weighted by Gasteiger charge is 2.26. The van der Waals surface area contributed by atoms with Crippen molar-refractivity contribution in [1.82, 2.24) is 5.32 Å². The van der Waals surface area contributed by atoms with Crippen LogP contribution in [0.15, 0.2) is 6.07 Å². The number of nitrogens with one attached hydrogen (secondary N) is 2. The number of benzene rings is 1. The van der Waals surface area contributed by atoms with Gasteiger partial charge in [0, 0.05) is 12.8 Å². The Kier molecular flexibility index (Phi) is 4.52. The lowest BCUT2D eigenvalue weighted by Crippen LogP contribution is -2.45. The van der Waals surface area contributed by atoms with Crippen LogP contribution >= 0.6 is 0 Å². The van der Waals surface area contributed by atoms with Crippen LogP contribution in [0.3, 0.4) is 0 Å². The summed E-state index contributed by atoms with van der Waals surface area (Å²) in [7, 11) is 1.41. The van der Waals surface area contributed by atoms with E-state index in [0.29, 0.717) is 0 Å². The third-order valence-electron chi connectivity index (χ3n) is 4.65. The number of aliphatic carboxylic acids is 1. The molecule has 1 aromatic rings. The van der Waals surface area contributed by atoms with Crippen LogP contribution in [-0.4, -0.2) is 36.9 Å². The molecule has 0 aliphatic heterocycles. The molecule has 0 radical (unpaired) electrons. The molecule has 0 saturated heterocycles. The van der Waals surface area contributed by atoms with Gasteiger partial charge in [0.15, 0.2) is 6.04 Å². The molecule has 0 heterocycles. The molecule has 0 saturated carbocycles. The van der Waals surface area contributed by atoms with E-state index >= 15 is 0 Å². The number of fused-ring (bicyclic) bond motifs is 2. The number of carboxylic acid groups (broad SMARTS) is 1. The van der Waals surface area contributed by atoms with E-state index < -0.39 is 18.0 Å². The number of anilines is 1. The lowest BCUT2D eigenvalue weighted by Gasteiger charge is -2.18. The predicted molar refractivity (Wildman–Crippen MR) is 85.9 cm³/mol.